The van der Waals surface area contributed by atoms with E-state index in [0.717, 1.165) is 24.2 Å². The van der Waals surface area contributed by atoms with E-state index in [0.29, 0.717) is 13.1 Å². The summed E-state index contributed by atoms with van der Waals surface area (Å²) in [6.45, 7) is 7.31. The van der Waals surface area contributed by atoms with Gasteiger partial charge in [0.15, 0.2) is 0 Å². The second-order valence-corrected chi connectivity index (χ2v) is 4.91. The molecule has 0 bridgehead atoms. The lowest BCUT2D eigenvalue weighted by Crippen LogP contribution is -2.36. The molecule has 118 valence electrons. The number of nitrogens with zero attached hydrogens (tertiary/aromatic N) is 2. The lowest BCUT2D eigenvalue weighted by Gasteiger charge is -2.32. The SMILES string of the molecule is CCNc1cc(N(CCO)C(CC)CC)cc([N+](=O)[O-])c1. The van der Waals surface area contributed by atoms with Crippen molar-refractivity contribution in [1.29, 1.82) is 0 Å². The molecule has 0 saturated heterocycles. The van der Waals surface area contributed by atoms with Crippen LogP contribution in [0, 0.1) is 10.1 Å². The van der Waals surface area contributed by atoms with Crippen LogP contribution in [0.15, 0.2) is 18.2 Å². The van der Waals surface area contributed by atoms with Crippen molar-refractivity contribution in [3.63, 3.8) is 0 Å². The van der Waals surface area contributed by atoms with Crippen LogP contribution in [-0.2, 0) is 0 Å². The average molecular weight is 295 g/mol. The molecule has 21 heavy (non-hydrogen) atoms. The van der Waals surface area contributed by atoms with Crippen LogP contribution in [0.25, 0.3) is 0 Å². The Morgan fingerprint density at radius 1 is 1.29 bits per heavy atom. The maximum atomic E-state index is 11.1. The second kappa shape index (κ2) is 8.46. The Labute approximate surface area is 125 Å². The number of non-ortho nitro benzene ring substituents is 1. The van der Waals surface area contributed by atoms with Crippen LogP contribution < -0.4 is 10.2 Å². The lowest BCUT2D eigenvalue weighted by molar-refractivity contribution is -0.384. The maximum absolute atomic E-state index is 11.1. The van der Waals surface area contributed by atoms with Gasteiger partial charge in [-0.25, -0.2) is 0 Å². The van der Waals surface area contributed by atoms with Crippen molar-refractivity contribution >= 4 is 17.1 Å². The zero-order valence-electron chi connectivity index (χ0n) is 13.0. The Kier molecular flexibility index (Phi) is 6.94. The molecule has 1 aromatic carbocycles. The highest BCUT2D eigenvalue weighted by molar-refractivity contribution is 5.65. The molecule has 2 N–H and O–H groups in total. The fourth-order valence-corrected chi connectivity index (χ4v) is 2.53. The first-order valence-electron chi connectivity index (χ1n) is 7.48. The Hall–Kier alpha value is -1.82. The summed E-state index contributed by atoms with van der Waals surface area (Å²) >= 11 is 0. The fourth-order valence-electron chi connectivity index (χ4n) is 2.53. The first-order valence-corrected chi connectivity index (χ1v) is 7.48. The van der Waals surface area contributed by atoms with Gasteiger partial charge in [-0.05, 0) is 25.8 Å². The molecule has 0 radical (unpaired) electrons. The minimum atomic E-state index is -0.381. The van der Waals surface area contributed by atoms with E-state index < -0.39 is 0 Å². The van der Waals surface area contributed by atoms with Gasteiger partial charge < -0.3 is 15.3 Å². The fraction of sp³-hybridized carbons (Fsp3) is 0.600. The molecule has 6 heteroatoms. The number of hydrogen-bond acceptors (Lipinski definition) is 5. The van der Waals surface area contributed by atoms with E-state index in [-0.39, 0.29) is 23.3 Å². The van der Waals surface area contributed by atoms with Crippen LogP contribution in [0.4, 0.5) is 17.1 Å². The minimum Gasteiger partial charge on any atom is -0.395 e. The standard InChI is InChI=1S/C15H25N3O3/c1-4-13(5-2)17(7-8-19)14-9-12(16-6-3)10-15(11-14)18(20)21/h9-11,13,16,19H,4-8H2,1-3H3. The number of nitro groups is 1. The highest BCUT2D eigenvalue weighted by Crippen LogP contribution is 2.29. The largest absolute Gasteiger partial charge is 0.395 e. The molecular weight excluding hydrogens is 270 g/mol. The third kappa shape index (κ3) is 4.60. The molecule has 1 rings (SSSR count). The van der Waals surface area contributed by atoms with Gasteiger partial charge >= 0.3 is 0 Å². The molecule has 0 fully saturated rings. The lowest BCUT2D eigenvalue weighted by atomic mass is 10.1. The number of anilines is 2. The third-order valence-corrected chi connectivity index (χ3v) is 3.55. The van der Waals surface area contributed by atoms with Crippen molar-refractivity contribution < 1.29 is 10.0 Å². The third-order valence-electron chi connectivity index (χ3n) is 3.55. The zero-order valence-corrected chi connectivity index (χ0v) is 13.0. The van der Waals surface area contributed by atoms with Crippen molar-refractivity contribution in [2.75, 3.05) is 29.9 Å². The van der Waals surface area contributed by atoms with E-state index in [2.05, 4.69) is 19.2 Å². The summed E-state index contributed by atoms with van der Waals surface area (Å²) in [4.78, 5) is 12.8. The normalized spacial score (nSPS) is 10.7. The predicted octanol–water partition coefficient (Wildman–Crippen LogP) is 3.01. The highest BCUT2D eigenvalue weighted by atomic mass is 16.6. The van der Waals surface area contributed by atoms with Crippen LogP contribution in [-0.4, -0.2) is 35.8 Å². The van der Waals surface area contributed by atoms with E-state index in [1.54, 1.807) is 6.07 Å². The summed E-state index contributed by atoms with van der Waals surface area (Å²) < 4.78 is 0. The Balaban J connectivity index is 3.24. The van der Waals surface area contributed by atoms with Crippen molar-refractivity contribution in [3.05, 3.63) is 28.3 Å². The van der Waals surface area contributed by atoms with E-state index >= 15 is 0 Å². The molecule has 0 unspecified atom stereocenters. The predicted molar refractivity (Wildman–Crippen MR) is 86.1 cm³/mol. The molecule has 0 aliphatic carbocycles. The average Bonchev–Trinajstić information content (AvgIpc) is 2.47. The number of rotatable bonds is 9. The molecule has 0 amide bonds. The number of hydrogen-bond donors (Lipinski definition) is 2. The summed E-state index contributed by atoms with van der Waals surface area (Å²) in [5.74, 6) is 0. The molecule has 0 saturated carbocycles. The summed E-state index contributed by atoms with van der Waals surface area (Å²) in [6.07, 6.45) is 1.85. The maximum Gasteiger partial charge on any atom is 0.273 e. The minimum absolute atomic E-state index is 0.0235. The molecule has 0 heterocycles. The summed E-state index contributed by atoms with van der Waals surface area (Å²) in [5.41, 5.74) is 1.58. The van der Waals surface area contributed by atoms with E-state index in [9.17, 15) is 15.2 Å². The summed E-state index contributed by atoms with van der Waals surface area (Å²) in [5, 5.41) is 23.5. The number of benzene rings is 1. The number of aliphatic hydroxyl groups excluding tert-OH is 1. The van der Waals surface area contributed by atoms with Crippen LogP contribution in [0.2, 0.25) is 0 Å². The number of nitrogens with one attached hydrogen (secondary N) is 1. The van der Waals surface area contributed by atoms with Gasteiger partial charge in [0.25, 0.3) is 5.69 Å². The van der Waals surface area contributed by atoms with Gasteiger partial charge in [-0.1, -0.05) is 13.8 Å². The topological polar surface area (TPSA) is 78.6 Å². The van der Waals surface area contributed by atoms with Gasteiger partial charge in [0.05, 0.1) is 11.5 Å². The Morgan fingerprint density at radius 3 is 2.43 bits per heavy atom. The van der Waals surface area contributed by atoms with Crippen LogP contribution in [0.1, 0.15) is 33.6 Å². The monoisotopic (exact) mass is 295 g/mol. The van der Waals surface area contributed by atoms with E-state index in [1.807, 2.05) is 17.9 Å². The molecule has 0 aliphatic rings. The van der Waals surface area contributed by atoms with Gasteiger partial charge in [-0.3, -0.25) is 10.1 Å². The summed E-state index contributed by atoms with van der Waals surface area (Å²) in [6, 6.07) is 5.28. The zero-order chi connectivity index (χ0) is 15.8. The van der Waals surface area contributed by atoms with E-state index in [4.69, 9.17) is 0 Å². The molecule has 0 spiro atoms. The van der Waals surface area contributed by atoms with Gasteiger partial charge in [0.2, 0.25) is 0 Å². The van der Waals surface area contributed by atoms with Gasteiger partial charge in [0.1, 0.15) is 0 Å². The van der Waals surface area contributed by atoms with E-state index in [1.165, 1.54) is 6.07 Å². The molecule has 6 nitrogen and oxygen atoms in total. The number of aliphatic hydroxyl groups is 1. The van der Waals surface area contributed by atoms with Crippen molar-refractivity contribution in [2.45, 2.75) is 39.7 Å². The van der Waals surface area contributed by atoms with Crippen molar-refractivity contribution in [2.24, 2.45) is 0 Å². The smallest absolute Gasteiger partial charge is 0.273 e. The van der Waals surface area contributed by atoms with Gasteiger partial charge in [-0.2, -0.15) is 0 Å². The van der Waals surface area contributed by atoms with Crippen molar-refractivity contribution in [3.8, 4) is 0 Å². The first-order chi connectivity index (χ1) is 10.1. The molecule has 0 aromatic heterocycles. The van der Waals surface area contributed by atoms with Crippen LogP contribution in [0.3, 0.4) is 0 Å². The number of nitro benzene ring substituents is 1. The van der Waals surface area contributed by atoms with Crippen LogP contribution in [0.5, 0.6) is 0 Å². The quantitative estimate of drug-likeness (QED) is 0.541. The highest BCUT2D eigenvalue weighted by Gasteiger charge is 2.19. The van der Waals surface area contributed by atoms with Gasteiger partial charge in [0, 0.05) is 42.6 Å². The Morgan fingerprint density at radius 2 is 1.95 bits per heavy atom. The second-order valence-electron chi connectivity index (χ2n) is 4.91. The molecule has 1 aromatic rings. The van der Waals surface area contributed by atoms with Crippen LogP contribution >= 0.6 is 0 Å². The first kappa shape index (κ1) is 17.2. The molecular formula is C15H25N3O3. The van der Waals surface area contributed by atoms with Gasteiger partial charge in [-0.15, -0.1) is 0 Å². The summed E-state index contributed by atoms with van der Waals surface area (Å²) in [7, 11) is 0. The molecule has 0 aliphatic heterocycles. The Bertz CT molecular complexity index is 461. The molecule has 0 atom stereocenters. The van der Waals surface area contributed by atoms with Crippen molar-refractivity contribution in [1.82, 2.24) is 0 Å².